The van der Waals surface area contributed by atoms with Crippen LogP contribution < -0.4 is 14.5 Å². The van der Waals surface area contributed by atoms with Crippen LogP contribution in [0.3, 0.4) is 0 Å². The Labute approximate surface area is 208 Å². The van der Waals surface area contributed by atoms with Crippen molar-refractivity contribution in [2.45, 2.75) is 32.6 Å². The number of esters is 1. The van der Waals surface area contributed by atoms with Crippen LogP contribution in [0.1, 0.15) is 31.2 Å². The van der Waals surface area contributed by atoms with E-state index in [-0.39, 0.29) is 42.5 Å². The van der Waals surface area contributed by atoms with Gasteiger partial charge in [0.25, 0.3) is 0 Å². The maximum absolute atomic E-state index is 13.1. The van der Waals surface area contributed by atoms with Gasteiger partial charge in [-0.25, -0.2) is 4.90 Å². The first-order valence-electron chi connectivity index (χ1n) is 12.1. The third kappa shape index (κ3) is 3.56. The zero-order valence-corrected chi connectivity index (χ0v) is 20.0. The number of ether oxygens (including phenoxy) is 1. The number of fused-ring (bicyclic) bond motifs is 5. The number of carbonyl (C=O) groups excluding carboxylic acids is 4. The molecule has 35 heavy (non-hydrogen) atoms. The summed E-state index contributed by atoms with van der Waals surface area (Å²) >= 11 is 5.93. The van der Waals surface area contributed by atoms with Gasteiger partial charge in [-0.2, -0.15) is 0 Å². The fourth-order valence-electron chi connectivity index (χ4n) is 6.52. The summed E-state index contributed by atoms with van der Waals surface area (Å²) in [7, 11) is 0. The SMILES string of the molecule is Cc1cc(OC(=O)[C@@H]2CC(=O)N(c3ccc(Cl)cc3)C2)ccc1N1C(=O)[C@@H]2[C@H]3CC[C@@H](C3)[C@@H]2C1=O. The zero-order chi connectivity index (χ0) is 24.4. The predicted molar refractivity (Wildman–Crippen MR) is 129 cm³/mol. The summed E-state index contributed by atoms with van der Waals surface area (Å²) in [6, 6.07) is 11.9. The Morgan fingerprint density at radius 2 is 1.63 bits per heavy atom. The van der Waals surface area contributed by atoms with Crippen LogP contribution in [0.15, 0.2) is 42.5 Å². The quantitative estimate of drug-likeness (QED) is 0.364. The minimum absolute atomic E-state index is 0.0699. The number of amides is 3. The van der Waals surface area contributed by atoms with Gasteiger partial charge in [0.15, 0.2) is 0 Å². The average molecular weight is 493 g/mol. The minimum Gasteiger partial charge on any atom is -0.426 e. The van der Waals surface area contributed by atoms with Crippen molar-refractivity contribution >= 4 is 46.7 Å². The molecule has 8 heteroatoms. The molecule has 5 atom stereocenters. The summed E-state index contributed by atoms with van der Waals surface area (Å²) in [6.07, 6.45) is 3.13. The predicted octanol–water partition coefficient (Wildman–Crippen LogP) is 4.14. The third-order valence-electron chi connectivity index (χ3n) is 8.15. The molecule has 0 spiro atoms. The highest BCUT2D eigenvalue weighted by molar-refractivity contribution is 6.30. The molecular formula is C27H25ClN2O5. The van der Waals surface area contributed by atoms with Crippen molar-refractivity contribution in [2.75, 3.05) is 16.3 Å². The molecule has 2 aliphatic heterocycles. The van der Waals surface area contributed by atoms with E-state index in [2.05, 4.69) is 0 Å². The summed E-state index contributed by atoms with van der Waals surface area (Å²) in [5.41, 5.74) is 1.93. The van der Waals surface area contributed by atoms with E-state index < -0.39 is 11.9 Å². The molecule has 2 saturated heterocycles. The van der Waals surface area contributed by atoms with Crippen molar-refractivity contribution < 1.29 is 23.9 Å². The molecule has 0 unspecified atom stereocenters. The number of hydrogen-bond donors (Lipinski definition) is 0. The normalized spacial score (nSPS) is 29.3. The number of aryl methyl sites for hydroxylation is 1. The molecule has 4 aliphatic rings. The van der Waals surface area contributed by atoms with Gasteiger partial charge in [-0.15, -0.1) is 0 Å². The fourth-order valence-corrected chi connectivity index (χ4v) is 6.65. The second-order valence-electron chi connectivity index (χ2n) is 10.1. The Morgan fingerprint density at radius 1 is 0.971 bits per heavy atom. The largest absolute Gasteiger partial charge is 0.426 e. The molecule has 2 saturated carbocycles. The van der Waals surface area contributed by atoms with Crippen molar-refractivity contribution in [1.82, 2.24) is 0 Å². The first kappa shape index (κ1) is 22.3. The van der Waals surface area contributed by atoms with Gasteiger partial charge in [-0.05, 0) is 86.1 Å². The lowest BCUT2D eigenvalue weighted by Crippen LogP contribution is -2.33. The zero-order valence-electron chi connectivity index (χ0n) is 19.3. The summed E-state index contributed by atoms with van der Waals surface area (Å²) in [4.78, 5) is 54.5. The van der Waals surface area contributed by atoms with Gasteiger partial charge in [-0.3, -0.25) is 19.2 Å². The number of anilines is 2. The average Bonchev–Trinajstić information content (AvgIpc) is 3.59. The van der Waals surface area contributed by atoms with Crippen LogP contribution in [0, 0.1) is 36.5 Å². The van der Waals surface area contributed by atoms with Gasteiger partial charge in [0.1, 0.15) is 5.75 Å². The van der Waals surface area contributed by atoms with Gasteiger partial charge in [0.2, 0.25) is 17.7 Å². The molecule has 2 aromatic rings. The van der Waals surface area contributed by atoms with Crippen LogP contribution in [-0.4, -0.2) is 30.2 Å². The molecule has 0 N–H and O–H groups in total. The molecule has 0 radical (unpaired) electrons. The van der Waals surface area contributed by atoms with Crippen LogP contribution in [0.5, 0.6) is 5.75 Å². The molecule has 7 nitrogen and oxygen atoms in total. The molecule has 0 aromatic heterocycles. The number of hydrogen-bond acceptors (Lipinski definition) is 5. The standard InChI is InChI=1S/C27H25ClN2O5/c1-14-10-20(35-27(34)17-12-22(31)29(13-17)19-6-4-18(28)5-7-19)8-9-21(14)30-25(32)23-15-2-3-16(11-15)24(23)26(30)33/h4-10,15-17,23-24H,2-3,11-13H2,1H3/t15-,16-,17+,23-,24+/m0/s1. The van der Waals surface area contributed by atoms with Crippen LogP contribution in [0.4, 0.5) is 11.4 Å². The Bertz CT molecular complexity index is 1230. The van der Waals surface area contributed by atoms with E-state index in [4.69, 9.17) is 16.3 Å². The first-order valence-corrected chi connectivity index (χ1v) is 12.5. The maximum Gasteiger partial charge on any atom is 0.316 e. The van der Waals surface area contributed by atoms with Gasteiger partial charge >= 0.3 is 5.97 Å². The summed E-state index contributed by atoms with van der Waals surface area (Å²) < 4.78 is 5.59. The van der Waals surface area contributed by atoms with Gasteiger partial charge in [-0.1, -0.05) is 11.6 Å². The van der Waals surface area contributed by atoms with Gasteiger partial charge < -0.3 is 9.64 Å². The van der Waals surface area contributed by atoms with Crippen molar-refractivity contribution in [1.29, 1.82) is 0 Å². The maximum atomic E-state index is 13.1. The Hall–Kier alpha value is -3.19. The number of carbonyl (C=O) groups is 4. The molecular weight excluding hydrogens is 468 g/mol. The number of benzene rings is 2. The lowest BCUT2D eigenvalue weighted by atomic mass is 9.81. The van der Waals surface area contributed by atoms with E-state index in [1.807, 2.05) is 0 Å². The molecule has 2 aliphatic carbocycles. The molecule has 4 fully saturated rings. The molecule has 3 amide bonds. The van der Waals surface area contributed by atoms with Gasteiger partial charge in [0.05, 0.1) is 23.4 Å². The molecule has 2 bridgehead atoms. The van der Waals surface area contributed by atoms with E-state index in [0.29, 0.717) is 39.5 Å². The van der Waals surface area contributed by atoms with Crippen LogP contribution in [0.2, 0.25) is 5.02 Å². The Kier molecular flexibility index (Phi) is 5.22. The van der Waals surface area contributed by atoms with E-state index >= 15 is 0 Å². The van der Waals surface area contributed by atoms with Crippen LogP contribution in [-0.2, 0) is 19.2 Å². The topological polar surface area (TPSA) is 84.0 Å². The van der Waals surface area contributed by atoms with Crippen LogP contribution in [0.25, 0.3) is 0 Å². The van der Waals surface area contributed by atoms with Crippen molar-refractivity contribution in [3.8, 4) is 5.75 Å². The number of rotatable bonds is 4. The molecule has 2 aromatic carbocycles. The number of imide groups is 1. The lowest BCUT2D eigenvalue weighted by molar-refractivity contribution is -0.139. The Balaban J connectivity index is 1.15. The van der Waals surface area contributed by atoms with Crippen molar-refractivity contribution in [2.24, 2.45) is 29.6 Å². The summed E-state index contributed by atoms with van der Waals surface area (Å²) in [5.74, 6) is -0.778. The molecule has 180 valence electrons. The highest BCUT2D eigenvalue weighted by Crippen LogP contribution is 2.56. The van der Waals surface area contributed by atoms with Crippen LogP contribution >= 0.6 is 11.6 Å². The van der Waals surface area contributed by atoms with Crippen molar-refractivity contribution in [3.05, 3.63) is 53.1 Å². The smallest absolute Gasteiger partial charge is 0.316 e. The van der Waals surface area contributed by atoms with E-state index in [1.54, 1.807) is 54.3 Å². The molecule has 2 heterocycles. The highest BCUT2D eigenvalue weighted by atomic mass is 35.5. The van der Waals surface area contributed by atoms with E-state index in [9.17, 15) is 19.2 Å². The fraction of sp³-hybridized carbons (Fsp3) is 0.407. The highest BCUT2D eigenvalue weighted by Gasteiger charge is 2.61. The summed E-state index contributed by atoms with van der Waals surface area (Å²) in [5, 5.41) is 0.572. The monoisotopic (exact) mass is 492 g/mol. The minimum atomic E-state index is -0.588. The van der Waals surface area contributed by atoms with Gasteiger partial charge in [0, 0.05) is 23.7 Å². The number of nitrogens with zero attached hydrogens (tertiary/aromatic N) is 2. The lowest BCUT2D eigenvalue weighted by Gasteiger charge is -2.20. The molecule has 6 rings (SSSR count). The second-order valence-corrected chi connectivity index (χ2v) is 10.6. The second kappa shape index (κ2) is 8.19. The first-order chi connectivity index (χ1) is 16.8. The number of halogens is 1. The Morgan fingerprint density at radius 3 is 2.26 bits per heavy atom. The van der Waals surface area contributed by atoms with E-state index in [1.165, 1.54) is 4.90 Å². The summed E-state index contributed by atoms with van der Waals surface area (Å²) in [6.45, 7) is 2.04. The third-order valence-corrected chi connectivity index (χ3v) is 8.40. The van der Waals surface area contributed by atoms with E-state index in [0.717, 1.165) is 19.3 Å². The van der Waals surface area contributed by atoms with Crippen molar-refractivity contribution in [3.63, 3.8) is 0 Å².